The molecule has 0 atom stereocenters. The number of ether oxygens (including phenoxy) is 2. The summed E-state index contributed by atoms with van der Waals surface area (Å²) in [5, 5.41) is 6.01. The van der Waals surface area contributed by atoms with E-state index in [1.165, 1.54) is 0 Å². The van der Waals surface area contributed by atoms with Gasteiger partial charge in [0, 0.05) is 39.3 Å². The molecule has 0 aliphatic heterocycles. The van der Waals surface area contributed by atoms with Crippen LogP contribution in [-0.4, -0.2) is 58.2 Å². The number of guanidine groups is 1. The molecule has 0 spiro atoms. The van der Waals surface area contributed by atoms with Gasteiger partial charge in [-0.1, -0.05) is 12.1 Å². The molecule has 0 fully saturated rings. The van der Waals surface area contributed by atoms with E-state index in [2.05, 4.69) is 29.4 Å². The van der Waals surface area contributed by atoms with Gasteiger partial charge in [-0.25, -0.2) is 0 Å². The van der Waals surface area contributed by atoms with E-state index in [1.807, 2.05) is 43.4 Å². The standard InChI is InChI=1S/C24H34N4O3.HI/c1-7-26-24(27-12-11-18-9-8-10-19(14-18)23(29)25-3)28(4)16-20-15-22(31-6)21(30-5)13-17(20)2;/h8-10,13-15H,7,11-12,16H2,1-6H3,(H,25,29)(H,26,27);1H. The molecule has 0 unspecified atom stereocenters. The van der Waals surface area contributed by atoms with E-state index in [9.17, 15) is 4.79 Å². The molecule has 7 nitrogen and oxygen atoms in total. The molecule has 0 saturated heterocycles. The van der Waals surface area contributed by atoms with Crippen LogP contribution in [0, 0.1) is 6.92 Å². The molecule has 0 saturated carbocycles. The van der Waals surface area contributed by atoms with Crippen molar-refractivity contribution < 1.29 is 14.3 Å². The average Bonchev–Trinajstić information content (AvgIpc) is 2.79. The number of aryl methyl sites for hydroxylation is 1. The lowest BCUT2D eigenvalue weighted by Gasteiger charge is -2.23. The lowest BCUT2D eigenvalue weighted by Crippen LogP contribution is -2.38. The van der Waals surface area contributed by atoms with Gasteiger partial charge in [-0.15, -0.1) is 24.0 Å². The largest absolute Gasteiger partial charge is 0.493 e. The number of carbonyl (C=O) groups is 1. The van der Waals surface area contributed by atoms with Gasteiger partial charge in [0.25, 0.3) is 5.91 Å². The Balaban J connectivity index is 0.00000512. The molecule has 0 radical (unpaired) electrons. The summed E-state index contributed by atoms with van der Waals surface area (Å²) < 4.78 is 10.8. The monoisotopic (exact) mass is 554 g/mol. The molecule has 0 aliphatic carbocycles. The SMILES string of the molecule is CCNC(=NCCc1cccc(C(=O)NC)c1)N(C)Cc1cc(OC)c(OC)cc1C.I. The zero-order valence-electron chi connectivity index (χ0n) is 19.8. The molecule has 1 amide bonds. The zero-order chi connectivity index (χ0) is 22.8. The number of nitrogens with one attached hydrogen (secondary N) is 2. The fourth-order valence-electron chi connectivity index (χ4n) is 3.30. The van der Waals surface area contributed by atoms with E-state index in [0.717, 1.165) is 47.1 Å². The van der Waals surface area contributed by atoms with Gasteiger partial charge in [0.15, 0.2) is 17.5 Å². The maximum atomic E-state index is 11.8. The van der Waals surface area contributed by atoms with E-state index in [0.29, 0.717) is 18.7 Å². The molecular formula is C24H35IN4O3. The molecular weight excluding hydrogens is 519 g/mol. The first kappa shape index (κ1) is 27.5. The van der Waals surface area contributed by atoms with Crippen LogP contribution in [-0.2, 0) is 13.0 Å². The topological polar surface area (TPSA) is 75.2 Å². The third kappa shape index (κ3) is 7.58. The molecule has 2 aromatic rings. The molecule has 32 heavy (non-hydrogen) atoms. The highest BCUT2D eigenvalue weighted by Crippen LogP contribution is 2.30. The van der Waals surface area contributed by atoms with Gasteiger partial charge in [0.1, 0.15) is 0 Å². The Bertz CT molecular complexity index is 918. The summed E-state index contributed by atoms with van der Waals surface area (Å²) in [7, 11) is 6.94. The molecule has 2 rings (SSSR count). The first-order chi connectivity index (χ1) is 14.9. The van der Waals surface area contributed by atoms with Crippen LogP contribution in [0.15, 0.2) is 41.4 Å². The fraction of sp³-hybridized carbons (Fsp3) is 0.417. The van der Waals surface area contributed by atoms with Crippen LogP contribution >= 0.6 is 24.0 Å². The average molecular weight is 554 g/mol. The van der Waals surface area contributed by atoms with Crippen LogP contribution in [0.1, 0.15) is 34.0 Å². The predicted octanol–water partition coefficient (Wildman–Crippen LogP) is 3.63. The second kappa shape index (κ2) is 13.8. The number of halogens is 1. The molecule has 8 heteroatoms. The summed E-state index contributed by atoms with van der Waals surface area (Å²) in [6.07, 6.45) is 0.753. The quantitative estimate of drug-likeness (QED) is 0.282. The number of amides is 1. The number of rotatable bonds is 9. The van der Waals surface area contributed by atoms with Crippen LogP contribution in [0.25, 0.3) is 0 Å². The number of benzene rings is 2. The van der Waals surface area contributed by atoms with E-state index in [-0.39, 0.29) is 29.9 Å². The summed E-state index contributed by atoms with van der Waals surface area (Å²) in [4.78, 5) is 18.7. The van der Waals surface area contributed by atoms with Crippen LogP contribution in [0.2, 0.25) is 0 Å². The molecule has 2 aromatic carbocycles. The van der Waals surface area contributed by atoms with Crippen molar-refractivity contribution in [3.8, 4) is 11.5 Å². The second-order valence-electron chi connectivity index (χ2n) is 7.25. The molecule has 0 heterocycles. The van der Waals surface area contributed by atoms with Crippen LogP contribution in [0.3, 0.4) is 0 Å². The third-order valence-corrected chi connectivity index (χ3v) is 5.02. The molecule has 176 valence electrons. The normalized spacial score (nSPS) is 10.8. The summed E-state index contributed by atoms with van der Waals surface area (Å²) in [5.74, 6) is 2.20. The Kier molecular flexibility index (Phi) is 11.9. The zero-order valence-corrected chi connectivity index (χ0v) is 22.2. The minimum Gasteiger partial charge on any atom is -0.493 e. The smallest absolute Gasteiger partial charge is 0.251 e. The van der Waals surface area contributed by atoms with Crippen molar-refractivity contribution in [3.05, 3.63) is 58.7 Å². The Morgan fingerprint density at radius 1 is 1.12 bits per heavy atom. The second-order valence-corrected chi connectivity index (χ2v) is 7.25. The maximum Gasteiger partial charge on any atom is 0.251 e. The van der Waals surface area contributed by atoms with E-state index < -0.39 is 0 Å². The minimum atomic E-state index is -0.0799. The maximum absolute atomic E-state index is 11.8. The number of methoxy groups -OCH3 is 2. The highest BCUT2D eigenvalue weighted by atomic mass is 127. The first-order valence-electron chi connectivity index (χ1n) is 10.4. The predicted molar refractivity (Wildman–Crippen MR) is 141 cm³/mol. The number of aliphatic imine (C=N–C) groups is 1. The summed E-state index contributed by atoms with van der Waals surface area (Å²) in [6.45, 7) is 6.20. The molecule has 0 bridgehead atoms. The summed E-state index contributed by atoms with van der Waals surface area (Å²) >= 11 is 0. The van der Waals surface area contributed by atoms with E-state index in [1.54, 1.807) is 21.3 Å². The van der Waals surface area contributed by atoms with Crippen molar-refractivity contribution in [3.63, 3.8) is 0 Å². The molecule has 0 aromatic heterocycles. The van der Waals surface area contributed by atoms with Gasteiger partial charge >= 0.3 is 0 Å². The Hall–Kier alpha value is -2.49. The van der Waals surface area contributed by atoms with Crippen molar-refractivity contribution in [1.82, 2.24) is 15.5 Å². The number of nitrogens with zero attached hydrogens (tertiary/aromatic N) is 2. The molecule has 0 aliphatic rings. The van der Waals surface area contributed by atoms with Crippen molar-refractivity contribution in [2.45, 2.75) is 26.8 Å². The molecule has 2 N–H and O–H groups in total. The van der Waals surface area contributed by atoms with Gasteiger partial charge in [0.2, 0.25) is 0 Å². The van der Waals surface area contributed by atoms with Crippen LogP contribution < -0.4 is 20.1 Å². The minimum absolute atomic E-state index is 0. The van der Waals surface area contributed by atoms with Gasteiger partial charge in [-0.05, 0) is 61.2 Å². The van der Waals surface area contributed by atoms with Crippen LogP contribution in [0.4, 0.5) is 0 Å². The third-order valence-electron chi connectivity index (χ3n) is 5.02. The Morgan fingerprint density at radius 3 is 2.44 bits per heavy atom. The number of hydrogen-bond donors (Lipinski definition) is 2. The lowest BCUT2D eigenvalue weighted by molar-refractivity contribution is 0.0963. The van der Waals surface area contributed by atoms with Crippen molar-refractivity contribution in [2.24, 2.45) is 4.99 Å². The van der Waals surface area contributed by atoms with Gasteiger partial charge in [-0.3, -0.25) is 9.79 Å². The number of carbonyl (C=O) groups excluding carboxylic acids is 1. The van der Waals surface area contributed by atoms with Crippen molar-refractivity contribution >= 4 is 35.8 Å². The summed E-state index contributed by atoms with van der Waals surface area (Å²) in [6, 6.07) is 11.7. The van der Waals surface area contributed by atoms with E-state index in [4.69, 9.17) is 14.5 Å². The lowest BCUT2D eigenvalue weighted by atomic mass is 10.1. The van der Waals surface area contributed by atoms with Gasteiger partial charge in [-0.2, -0.15) is 0 Å². The number of hydrogen-bond acceptors (Lipinski definition) is 4. The van der Waals surface area contributed by atoms with Gasteiger partial charge in [0.05, 0.1) is 14.2 Å². The van der Waals surface area contributed by atoms with Crippen molar-refractivity contribution in [1.29, 1.82) is 0 Å². The van der Waals surface area contributed by atoms with Crippen LogP contribution in [0.5, 0.6) is 11.5 Å². The van der Waals surface area contributed by atoms with E-state index >= 15 is 0 Å². The highest BCUT2D eigenvalue weighted by molar-refractivity contribution is 14.0. The fourth-order valence-corrected chi connectivity index (χ4v) is 3.30. The first-order valence-corrected chi connectivity index (χ1v) is 10.4. The van der Waals surface area contributed by atoms with Crippen molar-refractivity contribution in [2.75, 3.05) is 41.4 Å². The summed E-state index contributed by atoms with van der Waals surface area (Å²) in [5.41, 5.74) is 4.02. The highest BCUT2D eigenvalue weighted by Gasteiger charge is 2.13. The Morgan fingerprint density at radius 2 is 1.81 bits per heavy atom. The Labute approximate surface area is 208 Å². The van der Waals surface area contributed by atoms with Gasteiger partial charge < -0.3 is 25.0 Å².